The molecule has 0 radical (unpaired) electrons. The van der Waals surface area contributed by atoms with Gasteiger partial charge in [-0.3, -0.25) is 4.79 Å². The van der Waals surface area contributed by atoms with Gasteiger partial charge in [0.1, 0.15) is 0 Å². The third-order valence-electron chi connectivity index (χ3n) is 3.10. The van der Waals surface area contributed by atoms with E-state index in [-0.39, 0.29) is 12.3 Å². The second-order valence-corrected chi connectivity index (χ2v) is 4.87. The quantitative estimate of drug-likeness (QED) is 0.765. The number of aromatic nitrogens is 1. The summed E-state index contributed by atoms with van der Waals surface area (Å²) in [5.41, 5.74) is 1.37. The first-order chi connectivity index (χ1) is 11.5. The zero-order valence-electron chi connectivity index (χ0n) is 13.6. The molecule has 0 aliphatic carbocycles. The van der Waals surface area contributed by atoms with Crippen molar-refractivity contribution in [3.63, 3.8) is 0 Å². The highest BCUT2D eigenvalue weighted by Crippen LogP contribution is 2.27. The van der Waals surface area contributed by atoms with E-state index in [2.05, 4.69) is 10.5 Å². The number of methoxy groups -OCH3 is 2. The number of esters is 1. The number of hydrogen-bond acceptors (Lipinski definition) is 7. The average Bonchev–Trinajstić information content (AvgIpc) is 3.04. The minimum Gasteiger partial charge on any atom is -0.493 e. The van der Waals surface area contributed by atoms with E-state index < -0.39 is 18.5 Å². The Hall–Kier alpha value is -3.03. The maximum absolute atomic E-state index is 11.7. The van der Waals surface area contributed by atoms with Crippen LogP contribution in [-0.2, 0) is 16.1 Å². The summed E-state index contributed by atoms with van der Waals surface area (Å²) in [5, 5.41) is 6.21. The van der Waals surface area contributed by atoms with Gasteiger partial charge in [0.25, 0.3) is 5.91 Å². The molecule has 0 unspecified atom stereocenters. The number of rotatable bonds is 7. The fraction of sp³-hybridized carbons (Fsp3) is 0.312. The van der Waals surface area contributed by atoms with Crippen LogP contribution in [0.4, 0.5) is 0 Å². The molecule has 0 atom stereocenters. The number of carbonyl (C=O) groups excluding carboxylic acids is 2. The van der Waals surface area contributed by atoms with Crippen molar-refractivity contribution in [3.8, 4) is 11.5 Å². The van der Waals surface area contributed by atoms with Crippen molar-refractivity contribution < 1.29 is 28.3 Å². The average molecular weight is 334 g/mol. The van der Waals surface area contributed by atoms with Gasteiger partial charge in [-0.2, -0.15) is 0 Å². The first-order valence-corrected chi connectivity index (χ1v) is 7.11. The molecule has 0 saturated heterocycles. The fourth-order valence-corrected chi connectivity index (χ4v) is 1.90. The van der Waals surface area contributed by atoms with Crippen LogP contribution in [-0.4, -0.2) is 37.9 Å². The molecule has 1 heterocycles. The van der Waals surface area contributed by atoms with Crippen LogP contribution >= 0.6 is 0 Å². The number of hydrogen-bond donors (Lipinski definition) is 1. The van der Waals surface area contributed by atoms with E-state index in [1.165, 1.54) is 13.2 Å². The van der Waals surface area contributed by atoms with Crippen LogP contribution in [0.5, 0.6) is 11.5 Å². The van der Waals surface area contributed by atoms with E-state index in [1.54, 1.807) is 32.2 Å². The maximum Gasteiger partial charge on any atom is 0.377 e. The Kier molecular flexibility index (Phi) is 5.78. The van der Waals surface area contributed by atoms with Crippen LogP contribution in [0.15, 0.2) is 28.8 Å². The van der Waals surface area contributed by atoms with Crippen LogP contribution in [0.25, 0.3) is 0 Å². The van der Waals surface area contributed by atoms with E-state index in [1.807, 2.05) is 0 Å². The molecule has 1 aromatic carbocycles. The van der Waals surface area contributed by atoms with Gasteiger partial charge in [-0.15, -0.1) is 0 Å². The molecular weight excluding hydrogens is 316 g/mol. The molecule has 2 rings (SSSR count). The van der Waals surface area contributed by atoms with Crippen LogP contribution in [0.1, 0.15) is 21.8 Å². The predicted molar refractivity (Wildman–Crippen MR) is 82.9 cm³/mol. The molecular formula is C16H18N2O6. The number of carbonyl (C=O) groups is 2. The van der Waals surface area contributed by atoms with Gasteiger partial charge in [-0.25, -0.2) is 4.79 Å². The normalized spacial score (nSPS) is 10.1. The molecule has 128 valence electrons. The lowest BCUT2D eigenvalue weighted by Crippen LogP contribution is -2.28. The van der Waals surface area contributed by atoms with Crippen molar-refractivity contribution in [2.24, 2.45) is 0 Å². The van der Waals surface area contributed by atoms with Crippen molar-refractivity contribution >= 4 is 11.9 Å². The van der Waals surface area contributed by atoms with Crippen molar-refractivity contribution in [1.82, 2.24) is 10.5 Å². The third-order valence-corrected chi connectivity index (χ3v) is 3.10. The first kappa shape index (κ1) is 17.3. The van der Waals surface area contributed by atoms with Crippen molar-refractivity contribution in [1.29, 1.82) is 0 Å². The Balaban J connectivity index is 1.82. The van der Waals surface area contributed by atoms with Crippen LogP contribution in [0.3, 0.4) is 0 Å². The molecule has 0 bridgehead atoms. The molecule has 1 N–H and O–H groups in total. The molecule has 8 heteroatoms. The van der Waals surface area contributed by atoms with Gasteiger partial charge in [0.15, 0.2) is 18.1 Å². The zero-order chi connectivity index (χ0) is 17.5. The zero-order valence-corrected chi connectivity index (χ0v) is 13.6. The summed E-state index contributed by atoms with van der Waals surface area (Å²) in [7, 11) is 3.08. The van der Waals surface area contributed by atoms with Gasteiger partial charge in [0.2, 0.25) is 5.76 Å². The highest BCUT2D eigenvalue weighted by Gasteiger charge is 2.15. The Bertz CT molecular complexity index is 725. The SMILES string of the molecule is COc1ccc(CNC(=O)COC(=O)c2cc(C)no2)cc1OC. The molecule has 2 aromatic rings. The summed E-state index contributed by atoms with van der Waals surface area (Å²) in [4.78, 5) is 23.4. The number of ether oxygens (including phenoxy) is 3. The van der Waals surface area contributed by atoms with E-state index in [4.69, 9.17) is 18.7 Å². The lowest BCUT2D eigenvalue weighted by molar-refractivity contribution is -0.124. The van der Waals surface area contributed by atoms with Crippen molar-refractivity contribution in [2.45, 2.75) is 13.5 Å². The monoisotopic (exact) mass is 334 g/mol. The van der Waals surface area contributed by atoms with Gasteiger partial charge in [-0.05, 0) is 24.6 Å². The summed E-state index contributed by atoms with van der Waals surface area (Å²) in [6.45, 7) is 1.53. The molecule has 0 saturated carbocycles. The molecule has 1 aromatic heterocycles. The topological polar surface area (TPSA) is 99.9 Å². The highest BCUT2D eigenvalue weighted by atomic mass is 16.6. The maximum atomic E-state index is 11.7. The molecule has 0 spiro atoms. The van der Waals surface area contributed by atoms with Crippen molar-refractivity contribution in [3.05, 3.63) is 41.3 Å². The number of nitrogens with one attached hydrogen (secondary N) is 1. The lowest BCUT2D eigenvalue weighted by Gasteiger charge is -2.10. The minimum absolute atomic E-state index is 0.0415. The Morgan fingerprint density at radius 1 is 1.17 bits per heavy atom. The summed E-state index contributed by atoms with van der Waals surface area (Å²) in [5.74, 6) is -0.0494. The van der Waals surface area contributed by atoms with Crippen LogP contribution < -0.4 is 14.8 Å². The standard InChI is InChI=1S/C16H18N2O6/c1-10-6-14(24-18-10)16(20)23-9-15(19)17-8-11-4-5-12(21-2)13(7-11)22-3/h4-7H,8-9H2,1-3H3,(H,17,19). The van der Waals surface area contributed by atoms with E-state index in [0.29, 0.717) is 17.2 Å². The summed E-state index contributed by atoms with van der Waals surface area (Å²) >= 11 is 0. The van der Waals surface area contributed by atoms with Gasteiger partial charge >= 0.3 is 5.97 Å². The van der Waals surface area contributed by atoms with Gasteiger partial charge in [0.05, 0.1) is 19.9 Å². The van der Waals surface area contributed by atoms with Crippen molar-refractivity contribution in [2.75, 3.05) is 20.8 Å². The molecule has 8 nitrogen and oxygen atoms in total. The summed E-state index contributed by atoms with van der Waals surface area (Å²) < 4.78 is 19.9. The Morgan fingerprint density at radius 2 is 1.92 bits per heavy atom. The smallest absolute Gasteiger partial charge is 0.377 e. The number of benzene rings is 1. The number of aryl methyl sites for hydroxylation is 1. The van der Waals surface area contributed by atoms with Crippen LogP contribution in [0, 0.1) is 6.92 Å². The van der Waals surface area contributed by atoms with Crippen LogP contribution in [0.2, 0.25) is 0 Å². The minimum atomic E-state index is -0.739. The molecule has 24 heavy (non-hydrogen) atoms. The van der Waals surface area contributed by atoms with E-state index >= 15 is 0 Å². The summed E-state index contributed by atoms with van der Waals surface area (Å²) in [6, 6.07) is 6.73. The number of amides is 1. The first-order valence-electron chi connectivity index (χ1n) is 7.11. The Labute approximate surface area is 138 Å². The Morgan fingerprint density at radius 3 is 2.54 bits per heavy atom. The fourth-order valence-electron chi connectivity index (χ4n) is 1.90. The van der Waals surface area contributed by atoms with E-state index in [9.17, 15) is 9.59 Å². The second kappa shape index (κ2) is 8.00. The largest absolute Gasteiger partial charge is 0.493 e. The van der Waals surface area contributed by atoms with Gasteiger partial charge in [-0.1, -0.05) is 11.2 Å². The molecule has 0 aliphatic heterocycles. The van der Waals surface area contributed by atoms with E-state index in [0.717, 1.165) is 5.56 Å². The molecule has 1 amide bonds. The summed E-state index contributed by atoms with van der Waals surface area (Å²) in [6.07, 6.45) is 0. The van der Waals surface area contributed by atoms with Gasteiger partial charge in [0, 0.05) is 12.6 Å². The predicted octanol–water partition coefficient (Wildman–Crippen LogP) is 1.47. The molecule has 0 fully saturated rings. The number of nitrogens with zero attached hydrogens (tertiary/aromatic N) is 1. The molecule has 0 aliphatic rings. The second-order valence-electron chi connectivity index (χ2n) is 4.87. The third kappa shape index (κ3) is 4.48. The highest BCUT2D eigenvalue weighted by molar-refractivity contribution is 5.88. The lowest BCUT2D eigenvalue weighted by atomic mass is 10.2. The van der Waals surface area contributed by atoms with Gasteiger partial charge < -0.3 is 24.1 Å².